The van der Waals surface area contributed by atoms with Gasteiger partial charge in [-0.15, -0.1) is 0 Å². The summed E-state index contributed by atoms with van der Waals surface area (Å²) >= 11 is 0. The van der Waals surface area contributed by atoms with Crippen molar-refractivity contribution in [2.24, 2.45) is 0 Å². The summed E-state index contributed by atoms with van der Waals surface area (Å²) in [5.41, 5.74) is 7.63. The Morgan fingerprint density at radius 2 is 1.26 bits per heavy atom. The van der Waals surface area contributed by atoms with E-state index < -0.39 is 76.4 Å². The largest absolute Gasteiger partial charge is 0.748 e. The van der Waals surface area contributed by atoms with Crippen LogP contribution >= 0.6 is 7.60 Å². The Bertz CT molecular complexity index is 3090. The van der Waals surface area contributed by atoms with Crippen LogP contribution in [0.3, 0.4) is 0 Å². The molecule has 486 valence electrons. The van der Waals surface area contributed by atoms with E-state index in [2.05, 4.69) is 94.9 Å². The Kier molecular flexibility index (Phi) is 27.4. The normalized spacial score (nSPS) is 15.1. The third-order valence-corrected chi connectivity index (χ3v) is 18.4. The number of benzene rings is 2. The average Bonchev–Trinajstić information content (AvgIpc) is 0.778. The van der Waals surface area contributed by atoms with Gasteiger partial charge in [-0.2, -0.15) is 0 Å². The van der Waals surface area contributed by atoms with Gasteiger partial charge in [0.1, 0.15) is 25.2 Å². The first-order chi connectivity index (χ1) is 41.5. The van der Waals surface area contributed by atoms with Gasteiger partial charge in [-0.3, -0.25) is 38.1 Å². The molecule has 88 heavy (non-hydrogen) atoms. The van der Waals surface area contributed by atoms with Crippen LogP contribution in [-0.4, -0.2) is 180 Å². The van der Waals surface area contributed by atoms with E-state index in [9.17, 15) is 51.1 Å². The van der Waals surface area contributed by atoms with Gasteiger partial charge in [0.2, 0.25) is 29.5 Å². The van der Waals surface area contributed by atoms with Gasteiger partial charge in [0.15, 0.2) is 5.71 Å². The molecule has 2 unspecified atom stereocenters. The van der Waals surface area contributed by atoms with Crippen molar-refractivity contribution in [2.75, 3.05) is 82.3 Å². The zero-order valence-corrected chi connectivity index (χ0v) is 55.0. The number of nitrogens with one attached hydrogen (secondary N) is 4. The fourth-order valence-electron chi connectivity index (χ4n) is 11.0. The SMILES string of the molecule is CCN(CC)c1ccc2c(c1)CC1=CC(=[N+](CC)CC)C=CC1=C2c1ccccc1C(=O)N1CCN(C(=O)CCCCC(=O)NC(CS(=O)(=O)[O-])C(=O)NCCCCC(=O)NC(CCP(=O)(OC(C)(C)C)OC(C)(C)C)C(=O)NCCCCC(=O)O)CC1. The lowest BCUT2D eigenvalue weighted by Crippen LogP contribution is -2.50. The number of piperazine rings is 1. The number of unbranched alkanes of at least 4 members (excludes halogenated alkanes) is 3. The molecule has 3 aliphatic rings. The number of carbonyl (C=O) groups is 7. The van der Waals surface area contributed by atoms with E-state index in [1.54, 1.807) is 51.3 Å². The summed E-state index contributed by atoms with van der Waals surface area (Å²) in [6.45, 7) is 23.8. The highest BCUT2D eigenvalue weighted by molar-refractivity contribution is 7.85. The molecule has 1 fully saturated rings. The number of rotatable bonds is 33. The number of amides is 6. The third-order valence-electron chi connectivity index (χ3n) is 15.2. The van der Waals surface area contributed by atoms with Gasteiger partial charge in [0, 0.05) is 101 Å². The molecule has 1 aliphatic heterocycles. The first-order valence-corrected chi connectivity index (χ1v) is 34.4. The predicted octanol–water partition coefficient (Wildman–Crippen LogP) is 7.11. The van der Waals surface area contributed by atoms with Crippen LogP contribution in [0, 0.1) is 0 Å². The summed E-state index contributed by atoms with van der Waals surface area (Å²) in [6.07, 6.45) is 8.41. The number of aliphatic carboxylic acids is 1. The molecule has 1 saturated heterocycles. The molecule has 6 amide bonds. The van der Waals surface area contributed by atoms with E-state index in [0.717, 1.165) is 66.3 Å². The molecule has 0 spiro atoms. The number of carboxylic acids is 1. The van der Waals surface area contributed by atoms with Gasteiger partial charge in [0.25, 0.3) is 5.91 Å². The standard InChI is InChI=1S/C64H95N8O14PS/c1-11-69(12-2)47-29-31-49-45(42-47)41-46-43-48(70(13-3)14-4)30-32-50(46)59(49)51-23-15-16-24-52(51)62(80)72-38-36-71(37-39-72)57(75)27-18-17-25-56(74)68-54(44-88(82,83)84)61(79)66-34-21-19-26-55(73)67-53(60(78)65-35-22-20-28-58(76)77)33-40-87(81,85-63(5,6)7)86-64(8,9)10/h15-16,23-24,29-32,42-43,53-54H,11-14,17-22,25-28,33-41,44H2,1-10H3,(H5-,65,66,67,68,73,74,76,77,78,79,82,83,84). The Balaban J connectivity index is 1.11. The minimum absolute atomic E-state index is 0.0624. The van der Waals surface area contributed by atoms with E-state index in [4.69, 9.17) is 14.2 Å². The van der Waals surface area contributed by atoms with Gasteiger partial charge in [-0.1, -0.05) is 24.3 Å². The van der Waals surface area contributed by atoms with Gasteiger partial charge in [-0.05, 0) is 178 Å². The van der Waals surface area contributed by atoms with Crippen molar-refractivity contribution >= 4 is 76.1 Å². The van der Waals surface area contributed by atoms with Crippen LogP contribution in [0.1, 0.15) is 167 Å². The minimum atomic E-state index is -4.98. The third kappa shape index (κ3) is 22.8. The summed E-state index contributed by atoms with van der Waals surface area (Å²) in [5.74, 6) is -5.19. The summed E-state index contributed by atoms with van der Waals surface area (Å²) < 4.78 is 63.5. The molecule has 2 aromatic rings. The number of carboxylic acid groups (broad SMARTS) is 1. The summed E-state index contributed by atoms with van der Waals surface area (Å²) in [7, 11) is -8.80. The first kappa shape index (κ1) is 72.2. The van der Waals surface area contributed by atoms with Crippen molar-refractivity contribution in [3.05, 3.63) is 94.1 Å². The van der Waals surface area contributed by atoms with Crippen LogP contribution in [0.15, 0.2) is 71.8 Å². The molecule has 5 rings (SSSR count). The molecule has 2 aromatic carbocycles. The zero-order valence-electron chi connectivity index (χ0n) is 53.3. The van der Waals surface area contributed by atoms with Gasteiger partial charge in [-0.25, -0.2) is 13.0 Å². The fraction of sp³-hybridized carbons (Fsp3) is 0.594. The Labute approximate surface area is 520 Å². The van der Waals surface area contributed by atoms with E-state index in [1.807, 2.05) is 24.3 Å². The molecule has 24 heteroatoms. The van der Waals surface area contributed by atoms with Crippen LogP contribution in [0.4, 0.5) is 5.69 Å². The highest BCUT2D eigenvalue weighted by Crippen LogP contribution is 2.55. The summed E-state index contributed by atoms with van der Waals surface area (Å²) in [6, 6.07) is 11.5. The maximum atomic E-state index is 14.6. The molecule has 0 saturated carbocycles. The van der Waals surface area contributed by atoms with Gasteiger partial charge < -0.3 is 54.7 Å². The maximum Gasteiger partial charge on any atom is 0.331 e. The van der Waals surface area contributed by atoms with Crippen molar-refractivity contribution in [3.8, 4) is 0 Å². The van der Waals surface area contributed by atoms with Crippen molar-refractivity contribution in [3.63, 3.8) is 0 Å². The van der Waals surface area contributed by atoms with Crippen LogP contribution in [0.2, 0.25) is 0 Å². The second-order valence-electron chi connectivity index (χ2n) is 24.4. The Morgan fingerprint density at radius 3 is 1.83 bits per heavy atom. The molecule has 1 heterocycles. The Hall–Kier alpha value is -6.52. The lowest BCUT2D eigenvalue weighted by molar-refractivity contribution is -0.519. The summed E-state index contributed by atoms with van der Waals surface area (Å²) in [4.78, 5) is 97.6. The molecule has 2 aliphatic carbocycles. The predicted molar refractivity (Wildman–Crippen MR) is 339 cm³/mol. The summed E-state index contributed by atoms with van der Waals surface area (Å²) in [5, 5.41) is 19.2. The van der Waals surface area contributed by atoms with Gasteiger partial charge in [0.05, 0.1) is 33.2 Å². The average molecular weight is 1260 g/mol. The van der Waals surface area contributed by atoms with Crippen molar-refractivity contribution < 1.29 is 69.8 Å². The lowest BCUT2D eigenvalue weighted by Gasteiger charge is -2.35. The van der Waals surface area contributed by atoms with Gasteiger partial charge >= 0.3 is 13.6 Å². The number of carbonyl (C=O) groups excluding carboxylic acids is 6. The number of hydrogen-bond acceptors (Lipinski definition) is 14. The van der Waals surface area contributed by atoms with E-state index >= 15 is 0 Å². The first-order valence-electron chi connectivity index (χ1n) is 31.1. The molecule has 0 aromatic heterocycles. The van der Waals surface area contributed by atoms with Crippen molar-refractivity contribution in [1.82, 2.24) is 31.1 Å². The minimum Gasteiger partial charge on any atom is -0.748 e. The topological polar surface area (TPSA) is 293 Å². The van der Waals surface area contributed by atoms with E-state index in [1.165, 1.54) is 11.1 Å². The van der Waals surface area contributed by atoms with Crippen LogP contribution in [-0.2, 0) is 58.9 Å². The number of anilines is 1. The lowest BCUT2D eigenvalue weighted by atomic mass is 9.76. The highest BCUT2D eigenvalue weighted by Gasteiger charge is 2.38. The molecule has 22 nitrogen and oxygen atoms in total. The number of allylic oxidation sites excluding steroid dienone is 5. The molecule has 2 atom stereocenters. The molecule has 5 N–H and O–H groups in total. The zero-order chi connectivity index (χ0) is 65.0. The molecule has 0 bridgehead atoms. The molecule has 0 radical (unpaired) electrons. The number of nitrogens with zero attached hydrogens (tertiary/aromatic N) is 4. The number of hydrogen-bond donors (Lipinski definition) is 5. The quantitative estimate of drug-likeness (QED) is 0.0206. The molecular formula is C64H95N8O14PS. The second-order valence-corrected chi connectivity index (χ2v) is 27.9. The van der Waals surface area contributed by atoms with Crippen molar-refractivity contribution in [1.29, 1.82) is 0 Å². The van der Waals surface area contributed by atoms with E-state index in [-0.39, 0.29) is 82.4 Å². The second kappa shape index (κ2) is 33.3. The number of fused-ring (bicyclic) bond motifs is 2. The van der Waals surface area contributed by atoms with Crippen molar-refractivity contribution in [2.45, 2.75) is 170 Å². The van der Waals surface area contributed by atoms with Crippen LogP contribution < -0.4 is 26.2 Å². The fourth-order valence-corrected chi connectivity index (χ4v) is 14.1. The molecular weight excluding hydrogens is 1170 g/mol. The van der Waals surface area contributed by atoms with E-state index in [0.29, 0.717) is 51.0 Å². The maximum absolute atomic E-state index is 14.6. The highest BCUT2D eigenvalue weighted by atomic mass is 32.2. The smallest absolute Gasteiger partial charge is 0.331 e. The van der Waals surface area contributed by atoms with Crippen LogP contribution in [0.5, 0.6) is 0 Å². The van der Waals surface area contributed by atoms with Crippen LogP contribution in [0.25, 0.3) is 5.57 Å². The Morgan fingerprint density at radius 1 is 0.716 bits per heavy atom. The monoisotopic (exact) mass is 1260 g/mol.